The standard InChI is InChI=1S/C22H29N.ClH/c1-20(2,3)22-13-21(14-22,15-22)16-23(4)12-18-10-7-9-17-8-5-6-11-19(17)18;/h5-11H,12-16H2,1-4H3;1H. The average Bonchev–Trinajstić information content (AvgIpc) is 2.40. The number of hydrogen-bond acceptors (Lipinski definition) is 1. The summed E-state index contributed by atoms with van der Waals surface area (Å²) in [4.78, 5) is 2.55. The molecule has 5 rings (SSSR count). The van der Waals surface area contributed by atoms with E-state index in [1.54, 1.807) is 0 Å². The number of nitrogens with zero attached hydrogens (tertiary/aromatic N) is 1. The van der Waals surface area contributed by atoms with Gasteiger partial charge in [0.05, 0.1) is 0 Å². The largest absolute Gasteiger partial charge is 0.302 e. The van der Waals surface area contributed by atoms with E-state index < -0.39 is 0 Å². The number of rotatable bonds is 4. The lowest BCUT2D eigenvalue weighted by Gasteiger charge is -2.76. The van der Waals surface area contributed by atoms with Crippen molar-refractivity contribution >= 4 is 23.2 Å². The molecule has 3 aliphatic rings. The van der Waals surface area contributed by atoms with Gasteiger partial charge in [-0.1, -0.05) is 63.2 Å². The van der Waals surface area contributed by atoms with Crippen LogP contribution in [0.25, 0.3) is 10.8 Å². The molecule has 2 bridgehead atoms. The van der Waals surface area contributed by atoms with Crippen LogP contribution >= 0.6 is 12.4 Å². The number of halogens is 1. The Labute approximate surface area is 152 Å². The fourth-order valence-corrected chi connectivity index (χ4v) is 5.31. The zero-order valence-electron chi connectivity index (χ0n) is 15.4. The van der Waals surface area contributed by atoms with Crippen LogP contribution in [0.3, 0.4) is 0 Å². The van der Waals surface area contributed by atoms with Gasteiger partial charge in [0.1, 0.15) is 0 Å². The zero-order chi connectivity index (χ0) is 16.3. The van der Waals surface area contributed by atoms with Gasteiger partial charge in [0, 0.05) is 13.1 Å². The molecule has 0 saturated heterocycles. The highest BCUT2D eigenvalue weighted by Gasteiger charge is 2.71. The molecule has 3 fully saturated rings. The van der Waals surface area contributed by atoms with E-state index in [9.17, 15) is 0 Å². The summed E-state index contributed by atoms with van der Waals surface area (Å²) in [6, 6.07) is 15.5. The maximum absolute atomic E-state index is 2.55. The second kappa shape index (κ2) is 5.75. The Morgan fingerprint density at radius 2 is 1.58 bits per heavy atom. The minimum absolute atomic E-state index is 0. The molecule has 0 heterocycles. The Morgan fingerprint density at radius 3 is 2.25 bits per heavy atom. The molecule has 2 aromatic carbocycles. The molecule has 0 amide bonds. The third kappa shape index (κ3) is 2.66. The first-order chi connectivity index (χ1) is 10.8. The van der Waals surface area contributed by atoms with Crippen LogP contribution in [0.15, 0.2) is 42.5 Å². The molecule has 0 aliphatic heterocycles. The second-order valence-electron chi connectivity index (χ2n) is 9.37. The Kier molecular flexibility index (Phi) is 4.25. The van der Waals surface area contributed by atoms with Gasteiger partial charge in [-0.15, -0.1) is 12.4 Å². The van der Waals surface area contributed by atoms with Crippen molar-refractivity contribution in [1.29, 1.82) is 0 Å². The van der Waals surface area contributed by atoms with Crippen LogP contribution in [0, 0.1) is 16.2 Å². The molecule has 0 aromatic heterocycles. The van der Waals surface area contributed by atoms with E-state index in [1.807, 2.05) is 0 Å². The molecule has 0 spiro atoms. The van der Waals surface area contributed by atoms with Gasteiger partial charge in [-0.05, 0) is 58.9 Å². The first-order valence-electron chi connectivity index (χ1n) is 8.98. The molecule has 3 saturated carbocycles. The molecular formula is C22H30ClN. The Balaban J connectivity index is 0.00000169. The van der Waals surface area contributed by atoms with Crippen molar-refractivity contribution in [1.82, 2.24) is 4.90 Å². The van der Waals surface area contributed by atoms with E-state index in [2.05, 4.69) is 75.2 Å². The smallest absolute Gasteiger partial charge is 0.0237 e. The summed E-state index contributed by atoms with van der Waals surface area (Å²) in [5.74, 6) is 0. The van der Waals surface area contributed by atoms with Crippen molar-refractivity contribution < 1.29 is 0 Å². The molecule has 3 aliphatic carbocycles. The first kappa shape index (κ1) is 17.8. The maximum Gasteiger partial charge on any atom is 0.0237 e. The van der Waals surface area contributed by atoms with E-state index in [1.165, 1.54) is 42.1 Å². The van der Waals surface area contributed by atoms with Gasteiger partial charge in [-0.25, -0.2) is 0 Å². The van der Waals surface area contributed by atoms with E-state index in [0.29, 0.717) is 16.2 Å². The van der Waals surface area contributed by atoms with Gasteiger partial charge in [-0.3, -0.25) is 0 Å². The molecule has 0 atom stereocenters. The van der Waals surface area contributed by atoms with Crippen molar-refractivity contribution in [2.75, 3.05) is 13.6 Å². The Bertz CT molecular complexity index is 718. The highest BCUT2D eigenvalue weighted by Crippen LogP contribution is 2.79. The monoisotopic (exact) mass is 343 g/mol. The SMILES string of the molecule is CN(Cc1cccc2ccccc12)CC12CC(C(C)(C)C)(C1)C2.Cl. The first-order valence-corrected chi connectivity index (χ1v) is 8.98. The van der Waals surface area contributed by atoms with Crippen molar-refractivity contribution in [3.8, 4) is 0 Å². The summed E-state index contributed by atoms with van der Waals surface area (Å²) < 4.78 is 0. The summed E-state index contributed by atoms with van der Waals surface area (Å²) in [6.07, 6.45) is 4.34. The normalized spacial score (nSPS) is 28.2. The third-order valence-corrected chi connectivity index (χ3v) is 6.66. The van der Waals surface area contributed by atoms with E-state index in [0.717, 1.165) is 6.54 Å². The predicted molar refractivity (Wildman–Crippen MR) is 106 cm³/mol. The van der Waals surface area contributed by atoms with Gasteiger partial charge in [-0.2, -0.15) is 0 Å². The minimum atomic E-state index is 0. The van der Waals surface area contributed by atoms with E-state index in [4.69, 9.17) is 0 Å². The van der Waals surface area contributed by atoms with Gasteiger partial charge in [0.2, 0.25) is 0 Å². The Hall–Kier alpha value is -1.05. The molecule has 130 valence electrons. The van der Waals surface area contributed by atoms with Crippen LogP contribution in [-0.4, -0.2) is 18.5 Å². The number of benzene rings is 2. The predicted octanol–water partition coefficient (Wildman–Crippen LogP) is 5.91. The van der Waals surface area contributed by atoms with Crippen LogP contribution in [0.5, 0.6) is 0 Å². The summed E-state index contributed by atoms with van der Waals surface area (Å²) in [7, 11) is 2.30. The average molecular weight is 344 g/mol. The molecule has 0 radical (unpaired) electrons. The lowest BCUT2D eigenvalue weighted by atomic mass is 9.29. The van der Waals surface area contributed by atoms with Gasteiger partial charge in [0.15, 0.2) is 0 Å². The van der Waals surface area contributed by atoms with Crippen molar-refractivity contribution in [2.24, 2.45) is 16.2 Å². The van der Waals surface area contributed by atoms with Crippen molar-refractivity contribution in [2.45, 2.75) is 46.6 Å². The lowest BCUT2D eigenvalue weighted by molar-refractivity contribution is -0.264. The topological polar surface area (TPSA) is 3.24 Å². The van der Waals surface area contributed by atoms with Crippen LogP contribution in [0.2, 0.25) is 0 Å². The molecule has 0 unspecified atom stereocenters. The number of hydrogen-bond donors (Lipinski definition) is 0. The minimum Gasteiger partial charge on any atom is -0.302 e. The molecular weight excluding hydrogens is 314 g/mol. The second-order valence-corrected chi connectivity index (χ2v) is 9.37. The molecule has 0 N–H and O–H groups in total. The summed E-state index contributed by atoms with van der Waals surface area (Å²) >= 11 is 0. The highest BCUT2D eigenvalue weighted by atomic mass is 35.5. The fraction of sp³-hybridized carbons (Fsp3) is 0.545. The van der Waals surface area contributed by atoms with Crippen LogP contribution in [0.4, 0.5) is 0 Å². The van der Waals surface area contributed by atoms with Crippen molar-refractivity contribution in [3.63, 3.8) is 0 Å². The molecule has 2 aromatic rings. The molecule has 1 nitrogen and oxygen atoms in total. The van der Waals surface area contributed by atoms with E-state index in [-0.39, 0.29) is 12.4 Å². The van der Waals surface area contributed by atoms with Gasteiger partial charge >= 0.3 is 0 Å². The highest BCUT2D eigenvalue weighted by molar-refractivity contribution is 5.85. The fourth-order valence-electron chi connectivity index (χ4n) is 5.31. The third-order valence-electron chi connectivity index (χ3n) is 6.66. The lowest BCUT2D eigenvalue weighted by Crippen LogP contribution is -2.69. The summed E-state index contributed by atoms with van der Waals surface area (Å²) in [6.45, 7) is 9.60. The summed E-state index contributed by atoms with van der Waals surface area (Å²) in [5.41, 5.74) is 3.24. The Morgan fingerprint density at radius 1 is 0.958 bits per heavy atom. The van der Waals surface area contributed by atoms with Crippen LogP contribution in [-0.2, 0) is 6.54 Å². The van der Waals surface area contributed by atoms with E-state index >= 15 is 0 Å². The maximum atomic E-state index is 2.55. The van der Waals surface area contributed by atoms with Crippen LogP contribution in [0.1, 0.15) is 45.6 Å². The van der Waals surface area contributed by atoms with Crippen LogP contribution < -0.4 is 0 Å². The summed E-state index contributed by atoms with van der Waals surface area (Å²) in [5, 5.41) is 2.77. The van der Waals surface area contributed by atoms with Gasteiger partial charge in [0.25, 0.3) is 0 Å². The van der Waals surface area contributed by atoms with Crippen molar-refractivity contribution in [3.05, 3.63) is 48.0 Å². The number of fused-ring (bicyclic) bond motifs is 1. The van der Waals surface area contributed by atoms with Gasteiger partial charge < -0.3 is 4.90 Å². The quantitative estimate of drug-likeness (QED) is 0.667. The molecule has 24 heavy (non-hydrogen) atoms. The zero-order valence-corrected chi connectivity index (χ0v) is 16.2. The molecule has 2 heteroatoms.